The van der Waals surface area contributed by atoms with E-state index in [1.807, 2.05) is 0 Å². The third kappa shape index (κ3) is 3.28. The number of nitrogens with one attached hydrogen (secondary N) is 1. The summed E-state index contributed by atoms with van der Waals surface area (Å²) in [5, 5.41) is 3.46. The molecule has 1 N–H and O–H groups in total. The van der Waals surface area contributed by atoms with Crippen LogP contribution in [0.3, 0.4) is 0 Å². The van der Waals surface area contributed by atoms with Crippen LogP contribution in [-0.2, 0) is 10.2 Å². The van der Waals surface area contributed by atoms with Crippen molar-refractivity contribution in [1.29, 1.82) is 0 Å². The summed E-state index contributed by atoms with van der Waals surface area (Å²) >= 11 is 0. The lowest BCUT2D eigenvalue weighted by molar-refractivity contribution is 0.170. The average Bonchev–Trinajstić information content (AvgIpc) is 2.39. The van der Waals surface area contributed by atoms with Crippen molar-refractivity contribution in [2.75, 3.05) is 38.3 Å². The Kier molecular flexibility index (Phi) is 4.48. The molecule has 1 unspecified atom stereocenters. The zero-order valence-corrected chi connectivity index (χ0v) is 12.6. The van der Waals surface area contributed by atoms with Crippen molar-refractivity contribution in [3.63, 3.8) is 0 Å². The third-order valence-corrected chi connectivity index (χ3v) is 3.73. The highest BCUT2D eigenvalue weighted by Gasteiger charge is 2.27. The van der Waals surface area contributed by atoms with Gasteiger partial charge in [-0.1, -0.05) is 39.0 Å². The van der Waals surface area contributed by atoms with E-state index < -0.39 is 0 Å². The number of benzene rings is 1. The van der Waals surface area contributed by atoms with Gasteiger partial charge in [-0.25, -0.2) is 0 Å². The molecule has 1 saturated heterocycles. The minimum absolute atomic E-state index is 0.166. The second-order valence-electron chi connectivity index (χ2n) is 6.27. The Hall–Kier alpha value is -1.06. The van der Waals surface area contributed by atoms with Crippen LogP contribution >= 0.6 is 0 Å². The van der Waals surface area contributed by atoms with E-state index in [-0.39, 0.29) is 5.41 Å². The van der Waals surface area contributed by atoms with E-state index in [1.165, 1.54) is 11.3 Å². The van der Waals surface area contributed by atoms with Crippen LogP contribution in [0, 0.1) is 0 Å². The molecule has 0 saturated carbocycles. The van der Waals surface area contributed by atoms with E-state index in [9.17, 15) is 0 Å². The lowest BCUT2D eigenvalue weighted by Crippen LogP contribution is -2.53. The molecule has 1 aliphatic heterocycles. The maximum Gasteiger partial charge on any atom is 0.0678 e. The van der Waals surface area contributed by atoms with Gasteiger partial charge in [0.15, 0.2) is 0 Å². The molecule has 2 rings (SSSR count). The smallest absolute Gasteiger partial charge is 0.0678 e. The fourth-order valence-electron chi connectivity index (χ4n) is 2.78. The molecule has 0 amide bonds. The number of hydrogen-bond donors (Lipinski definition) is 1. The Labute approximate surface area is 116 Å². The Morgan fingerprint density at radius 3 is 2.74 bits per heavy atom. The molecule has 1 aromatic rings. The van der Waals surface area contributed by atoms with Gasteiger partial charge in [-0.05, 0) is 17.0 Å². The molecule has 0 bridgehead atoms. The number of methoxy groups -OCH3 is 1. The molecule has 1 atom stereocenters. The SMILES string of the molecule is COCC1CNCCN1c1ccccc1C(C)(C)C. The van der Waals surface area contributed by atoms with Crippen LogP contribution in [0.15, 0.2) is 24.3 Å². The van der Waals surface area contributed by atoms with Crippen LogP contribution in [-0.4, -0.2) is 39.4 Å². The summed E-state index contributed by atoms with van der Waals surface area (Å²) in [6.07, 6.45) is 0. The second-order valence-corrected chi connectivity index (χ2v) is 6.27. The highest BCUT2D eigenvalue weighted by molar-refractivity contribution is 5.57. The molecular weight excluding hydrogens is 236 g/mol. The molecule has 19 heavy (non-hydrogen) atoms. The molecule has 0 spiro atoms. The molecule has 1 fully saturated rings. The number of piperazine rings is 1. The van der Waals surface area contributed by atoms with Crippen molar-refractivity contribution in [3.05, 3.63) is 29.8 Å². The van der Waals surface area contributed by atoms with E-state index in [2.05, 4.69) is 55.3 Å². The van der Waals surface area contributed by atoms with Gasteiger partial charge in [-0.2, -0.15) is 0 Å². The molecule has 0 radical (unpaired) electrons. The second kappa shape index (κ2) is 5.93. The van der Waals surface area contributed by atoms with Crippen molar-refractivity contribution in [3.8, 4) is 0 Å². The molecule has 1 aliphatic rings. The number of para-hydroxylation sites is 1. The molecule has 3 heteroatoms. The van der Waals surface area contributed by atoms with Gasteiger partial charge < -0.3 is 15.0 Å². The van der Waals surface area contributed by atoms with Gasteiger partial charge in [-0.15, -0.1) is 0 Å². The van der Waals surface area contributed by atoms with Gasteiger partial charge in [0.05, 0.1) is 12.6 Å². The lowest BCUT2D eigenvalue weighted by atomic mass is 9.85. The van der Waals surface area contributed by atoms with Crippen LogP contribution in [0.5, 0.6) is 0 Å². The normalized spacial score (nSPS) is 20.6. The van der Waals surface area contributed by atoms with Gasteiger partial charge in [0.1, 0.15) is 0 Å². The Bertz CT molecular complexity index is 409. The Balaban J connectivity index is 2.33. The van der Waals surface area contributed by atoms with Crippen molar-refractivity contribution in [1.82, 2.24) is 5.32 Å². The number of nitrogens with zero attached hydrogens (tertiary/aromatic N) is 1. The summed E-state index contributed by atoms with van der Waals surface area (Å²) in [5.41, 5.74) is 2.94. The minimum Gasteiger partial charge on any atom is -0.383 e. The maximum absolute atomic E-state index is 5.38. The van der Waals surface area contributed by atoms with E-state index in [0.717, 1.165) is 26.2 Å². The van der Waals surface area contributed by atoms with E-state index >= 15 is 0 Å². The molecular formula is C16H26N2O. The third-order valence-electron chi connectivity index (χ3n) is 3.73. The Morgan fingerprint density at radius 1 is 1.32 bits per heavy atom. The summed E-state index contributed by atoms with van der Waals surface area (Å²) in [5.74, 6) is 0. The van der Waals surface area contributed by atoms with Crippen LogP contribution < -0.4 is 10.2 Å². The van der Waals surface area contributed by atoms with E-state index in [1.54, 1.807) is 7.11 Å². The van der Waals surface area contributed by atoms with Crippen molar-refractivity contribution < 1.29 is 4.74 Å². The van der Waals surface area contributed by atoms with Crippen LogP contribution in [0.25, 0.3) is 0 Å². The van der Waals surface area contributed by atoms with Crippen LogP contribution in [0.2, 0.25) is 0 Å². The minimum atomic E-state index is 0.166. The summed E-state index contributed by atoms with van der Waals surface area (Å²) in [6.45, 7) is 10.7. The first-order valence-electron chi connectivity index (χ1n) is 7.10. The number of ether oxygens (including phenoxy) is 1. The quantitative estimate of drug-likeness (QED) is 0.905. The van der Waals surface area contributed by atoms with Crippen LogP contribution in [0.4, 0.5) is 5.69 Å². The summed E-state index contributed by atoms with van der Waals surface area (Å²) < 4.78 is 5.38. The van der Waals surface area contributed by atoms with E-state index in [4.69, 9.17) is 4.74 Å². The molecule has 1 aromatic carbocycles. The van der Waals surface area contributed by atoms with Crippen molar-refractivity contribution >= 4 is 5.69 Å². The van der Waals surface area contributed by atoms with Gasteiger partial charge in [0.2, 0.25) is 0 Å². The largest absolute Gasteiger partial charge is 0.383 e. The van der Waals surface area contributed by atoms with Crippen molar-refractivity contribution in [2.45, 2.75) is 32.2 Å². The van der Waals surface area contributed by atoms with Gasteiger partial charge in [0.25, 0.3) is 0 Å². The highest BCUT2D eigenvalue weighted by Crippen LogP contribution is 2.33. The fraction of sp³-hybridized carbons (Fsp3) is 0.625. The molecule has 1 heterocycles. The first-order valence-corrected chi connectivity index (χ1v) is 7.10. The van der Waals surface area contributed by atoms with Gasteiger partial charge in [0, 0.05) is 32.4 Å². The van der Waals surface area contributed by atoms with Crippen LogP contribution in [0.1, 0.15) is 26.3 Å². The Morgan fingerprint density at radius 2 is 2.05 bits per heavy atom. The molecule has 0 aliphatic carbocycles. The van der Waals surface area contributed by atoms with E-state index in [0.29, 0.717) is 6.04 Å². The van der Waals surface area contributed by atoms with Crippen molar-refractivity contribution in [2.24, 2.45) is 0 Å². The maximum atomic E-state index is 5.38. The zero-order valence-electron chi connectivity index (χ0n) is 12.6. The summed E-state index contributed by atoms with van der Waals surface area (Å²) in [7, 11) is 1.78. The fourth-order valence-corrected chi connectivity index (χ4v) is 2.78. The molecule has 0 aromatic heterocycles. The number of rotatable bonds is 3. The molecule has 106 valence electrons. The predicted molar refractivity (Wildman–Crippen MR) is 81.0 cm³/mol. The predicted octanol–water partition coefficient (Wildman–Crippen LogP) is 2.41. The standard InChI is InChI=1S/C16H26N2O/c1-16(2,3)14-7-5-6-8-15(14)18-10-9-17-11-13(18)12-19-4/h5-8,13,17H,9-12H2,1-4H3. The number of anilines is 1. The zero-order chi connectivity index (χ0) is 13.9. The van der Waals surface area contributed by atoms with Gasteiger partial charge >= 0.3 is 0 Å². The monoisotopic (exact) mass is 262 g/mol. The number of hydrogen-bond acceptors (Lipinski definition) is 3. The topological polar surface area (TPSA) is 24.5 Å². The first kappa shape index (κ1) is 14.4. The lowest BCUT2D eigenvalue weighted by Gasteiger charge is -2.40. The molecule has 3 nitrogen and oxygen atoms in total. The summed E-state index contributed by atoms with van der Waals surface area (Å²) in [4.78, 5) is 2.50. The van der Waals surface area contributed by atoms with Gasteiger partial charge in [-0.3, -0.25) is 0 Å². The first-order chi connectivity index (χ1) is 9.04. The summed E-state index contributed by atoms with van der Waals surface area (Å²) in [6, 6.07) is 9.19. The average molecular weight is 262 g/mol. The highest BCUT2D eigenvalue weighted by atomic mass is 16.5.